The molecule has 0 saturated carbocycles. The van der Waals surface area contributed by atoms with E-state index in [-0.39, 0.29) is 24.1 Å². The Labute approximate surface area is 180 Å². The van der Waals surface area contributed by atoms with Crippen LogP contribution < -0.4 is 5.32 Å². The highest BCUT2D eigenvalue weighted by atomic mass is 19.1. The normalized spacial score (nSPS) is 13.0. The highest BCUT2D eigenvalue weighted by molar-refractivity contribution is 5.94. The molecule has 1 aromatic heterocycles. The lowest BCUT2D eigenvalue weighted by Crippen LogP contribution is -2.37. The summed E-state index contributed by atoms with van der Waals surface area (Å²) in [5.41, 5.74) is 4.06. The Kier molecular flexibility index (Phi) is 6.11. The van der Waals surface area contributed by atoms with Crippen molar-refractivity contribution < 1.29 is 14.0 Å². The van der Waals surface area contributed by atoms with Crippen molar-refractivity contribution in [2.24, 2.45) is 7.05 Å². The summed E-state index contributed by atoms with van der Waals surface area (Å²) in [6.07, 6.45) is 1.33. The Bertz CT molecular complexity index is 1090. The van der Waals surface area contributed by atoms with Gasteiger partial charge < -0.3 is 10.2 Å². The van der Waals surface area contributed by atoms with Crippen molar-refractivity contribution >= 4 is 11.8 Å². The molecular formula is C24H25FN4O2. The summed E-state index contributed by atoms with van der Waals surface area (Å²) in [5.74, 6) is -0.570. The van der Waals surface area contributed by atoms with Crippen molar-refractivity contribution in [2.75, 3.05) is 13.1 Å². The summed E-state index contributed by atoms with van der Waals surface area (Å²) in [4.78, 5) is 26.8. The summed E-state index contributed by atoms with van der Waals surface area (Å²) < 4.78 is 15.8. The van der Waals surface area contributed by atoms with Gasteiger partial charge in [-0.15, -0.1) is 0 Å². The average molecular weight is 420 g/mol. The molecule has 7 heteroatoms. The second-order valence-corrected chi connectivity index (χ2v) is 7.70. The lowest BCUT2D eigenvalue weighted by Gasteiger charge is -2.28. The summed E-state index contributed by atoms with van der Waals surface area (Å²) in [6.45, 7) is 1.50. The number of benzene rings is 2. The van der Waals surface area contributed by atoms with Crippen LogP contribution in [0.1, 0.15) is 32.9 Å². The van der Waals surface area contributed by atoms with Gasteiger partial charge in [0.25, 0.3) is 5.91 Å². The van der Waals surface area contributed by atoms with Crippen molar-refractivity contribution in [3.05, 3.63) is 88.5 Å². The van der Waals surface area contributed by atoms with Crippen molar-refractivity contribution in [3.63, 3.8) is 0 Å². The second kappa shape index (κ2) is 9.12. The van der Waals surface area contributed by atoms with Crippen LogP contribution >= 0.6 is 0 Å². The van der Waals surface area contributed by atoms with E-state index in [2.05, 4.69) is 10.4 Å². The molecule has 6 nitrogen and oxygen atoms in total. The van der Waals surface area contributed by atoms with Crippen LogP contribution in [0.2, 0.25) is 0 Å². The first-order chi connectivity index (χ1) is 15.0. The molecule has 0 spiro atoms. The third kappa shape index (κ3) is 4.66. The molecule has 1 aliphatic rings. The van der Waals surface area contributed by atoms with Gasteiger partial charge in [0, 0.05) is 56.3 Å². The number of carbonyl (C=O) groups excluding carboxylic acids is 2. The maximum Gasteiger partial charge on any atom is 0.251 e. The highest BCUT2D eigenvalue weighted by Crippen LogP contribution is 2.23. The number of hydrogen-bond donors (Lipinski definition) is 1. The molecule has 4 rings (SSSR count). The topological polar surface area (TPSA) is 67.2 Å². The number of aromatic nitrogens is 2. The zero-order valence-corrected chi connectivity index (χ0v) is 17.5. The number of hydrogen-bond acceptors (Lipinski definition) is 3. The maximum absolute atomic E-state index is 13.9. The fourth-order valence-electron chi connectivity index (χ4n) is 3.99. The molecule has 160 valence electrons. The Morgan fingerprint density at radius 3 is 2.61 bits per heavy atom. The van der Waals surface area contributed by atoms with Crippen LogP contribution in [0.3, 0.4) is 0 Å². The van der Waals surface area contributed by atoms with Gasteiger partial charge in [-0.2, -0.15) is 5.10 Å². The van der Waals surface area contributed by atoms with Crippen molar-refractivity contribution in [3.8, 4) is 0 Å². The van der Waals surface area contributed by atoms with E-state index in [1.807, 2.05) is 29.9 Å². The van der Waals surface area contributed by atoms with Crippen LogP contribution in [0.15, 0.2) is 54.6 Å². The van der Waals surface area contributed by atoms with E-state index in [1.165, 1.54) is 6.07 Å². The monoisotopic (exact) mass is 420 g/mol. The van der Waals surface area contributed by atoms with Gasteiger partial charge in [-0.05, 0) is 23.8 Å². The predicted octanol–water partition coefficient (Wildman–Crippen LogP) is 2.66. The lowest BCUT2D eigenvalue weighted by atomic mass is 10.0. The first kappa shape index (κ1) is 20.8. The number of amides is 2. The smallest absolute Gasteiger partial charge is 0.251 e. The molecule has 2 aromatic carbocycles. The average Bonchev–Trinajstić information content (AvgIpc) is 3.10. The number of nitrogens with zero attached hydrogens (tertiary/aromatic N) is 3. The van der Waals surface area contributed by atoms with Crippen molar-refractivity contribution in [2.45, 2.75) is 25.8 Å². The van der Waals surface area contributed by atoms with Gasteiger partial charge in [0.05, 0.1) is 12.1 Å². The lowest BCUT2D eigenvalue weighted by molar-refractivity contribution is -0.131. The molecule has 2 heterocycles. The minimum Gasteiger partial charge on any atom is -0.352 e. The second-order valence-electron chi connectivity index (χ2n) is 7.70. The van der Waals surface area contributed by atoms with Gasteiger partial charge in [-0.1, -0.05) is 36.4 Å². The van der Waals surface area contributed by atoms with E-state index in [1.54, 1.807) is 35.2 Å². The SMILES string of the molecule is Cn1nc(CCNC(=O)c2ccccc2)c2c1CCN(C(=O)Cc1ccccc1F)C2. The Morgan fingerprint density at radius 1 is 1.10 bits per heavy atom. The molecule has 0 saturated heterocycles. The van der Waals surface area contributed by atoms with Gasteiger partial charge in [0.1, 0.15) is 5.82 Å². The van der Waals surface area contributed by atoms with Crippen molar-refractivity contribution in [1.29, 1.82) is 0 Å². The Hall–Kier alpha value is -3.48. The molecule has 0 atom stereocenters. The molecule has 0 unspecified atom stereocenters. The molecule has 3 aromatic rings. The van der Waals surface area contributed by atoms with E-state index in [0.717, 1.165) is 17.0 Å². The predicted molar refractivity (Wildman–Crippen MR) is 115 cm³/mol. The molecule has 0 aliphatic carbocycles. The van der Waals surface area contributed by atoms with Crippen LogP contribution in [0.4, 0.5) is 4.39 Å². The molecule has 1 aliphatic heterocycles. The molecule has 2 amide bonds. The minimum atomic E-state index is -0.357. The molecule has 0 radical (unpaired) electrons. The van der Waals surface area contributed by atoms with E-state index in [4.69, 9.17) is 0 Å². The number of rotatable bonds is 6. The van der Waals surface area contributed by atoms with Gasteiger partial charge in [0.2, 0.25) is 5.91 Å². The maximum atomic E-state index is 13.9. The summed E-state index contributed by atoms with van der Waals surface area (Å²) in [6, 6.07) is 15.5. The van der Waals surface area contributed by atoms with E-state index < -0.39 is 0 Å². The van der Waals surface area contributed by atoms with Gasteiger partial charge in [-0.25, -0.2) is 4.39 Å². The van der Waals surface area contributed by atoms with Crippen LogP contribution in [-0.2, 0) is 37.6 Å². The number of nitrogens with one attached hydrogen (secondary N) is 1. The summed E-state index contributed by atoms with van der Waals surface area (Å²) in [7, 11) is 1.90. The van der Waals surface area contributed by atoms with Gasteiger partial charge in [0.15, 0.2) is 0 Å². The number of aryl methyl sites for hydroxylation is 1. The molecule has 0 bridgehead atoms. The number of fused-ring (bicyclic) bond motifs is 1. The van der Waals surface area contributed by atoms with E-state index in [0.29, 0.717) is 43.6 Å². The molecule has 31 heavy (non-hydrogen) atoms. The molecule has 1 N–H and O–H groups in total. The van der Waals surface area contributed by atoms with E-state index in [9.17, 15) is 14.0 Å². The summed E-state index contributed by atoms with van der Waals surface area (Å²) in [5, 5.41) is 7.55. The van der Waals surface area contributed by atoms with Crippen molar-refractivity contribution in [1.82, 2.24) is 20.0 Å². The Morgan fingerprint density at radius 2 is 1.84 bits per heavy atom. The van der Waals surface area contributed by atoms with Crippen LogP contribution in [0, 0.1) is 5.82 Å². The zero-order valence-electron chi connectivity index (χ0n) is 17.5. The standard InChI is InChI=1S/C24H25FN4O2/c1-28-22-12-14-29(23(30)15-18-9-5-6-10-20(18)25)16-19(22)21(27-28)11-13-26-24(31)17-7-3-2-4-8-17/h2-10H,11-16H2,1H3,(H,26,31). The van der Waals surface area contributed by atoms with Gasteiger partial charge in [-0.3, -0.25) is 14.3 Å². The molecule has 0 fully saturated rings. The fourth-order valence-corrected chi connectivity index (χ4v) is 3.99. The van der Waals surface area contributed by atoms with Crippen LogP contribution in [0.25, 0.3) is 0 Å². The third-order valence-electron chi connectivity index (χ3n) is 5.66. The first-order valence-electron chi connectivity index (χ1n) is 10.4. The minimum absolute atomic E-state index is 0.0464. The van der Waals surface area contributed by atoms with Crippen LogP contribution in [-0.4, -0.2) is 39.6 Å². The highest BCUT2D eigenvalue weighted by Gasteiger charge is 2.26. The Balaban J connectivity index is 1.40. The van der Waals surface area contributed by atoms with Gasteiger partial charge >= 0.3 is 0 Å². The third-order valence-corrected chi connectivity index (χ3v) is 5.66. The van der Waals surface area contributed by atoms with Crippen LogP contribution in [0.5, 0.6) is 0 Å². The molecular weight excluding hydrogens is 395 g/mol. The zero-order chi connectivity index (χ0) is 21.8. The fraction of sp³-hybridized carbons (Fsp3) is 0.292. The number of halogens is 1. The first-order valence-corrected chi connectivity index (χ1v) is 10.4. The van der Waals surface area contributed by atoms with E-state index >= 15 is 0 Å². The quantitative estimate of drug-likeness (QED) is 0.667. The summed E-state index contributed by atoms with van der Waals surface area (Å²) >= 11 is 0. The number of carbonyl (C=O) groups is 2. The largest absolute Gasteiger partial charge is 0.352 e.